The first-order chi connectivity index (χ1) is 8.99. The Bertz CT molecular complexity index is 521. The Morgan fingerprint density at radius 2 is 2.26 bits per heavy atom. The third-order valence-corrected chi connectivity index (χ3v) is 3.27. The molecule has 0 aliphatic carbocycles. The Balaban J connectivity index is 2.09. The minimum absolute atomic E-state index is 0.168. The van der Waals surface area contributed by atoms with Crippen LogP contribution < -0.4 is 10.6 Å². The van der Waals surface area contributed by atoms with Crippen molar-refractivity contribution in [3.63, 3.8) is 0 Å². The largest absolute Gasteiger partial charge is 0.326 e. The fourth-order valence-electron chi connectivity index (χ4n) is 2.13. The number of carbonyl (C=O) groups is 1. The molecule has 0 bridgehead atoms. The summed E-state index contributed by atoms with van der Waals surface area (Å²) in [5.41, 5.74) is -0.374. The first-order valence-electron chi connectivity index (χ1n) is 5.94. The standard InChI is InChI=1S/C12H14FN3O3/c1-7-5-14-6-9(7)12(17)15-8-2-3-11(16(18)19)10(13)4-8/h2-4,7,9,14H,5-6H2,1H3,(H,15,17)/t7-,9-/m1/s1. The molecule has 1 aromatic rings. The highest BCUT2D eigenvalue weighted by atomic mass is 19.1. The molecule has 1 saturated heterocycles. The Morgan fingerprint density at radius 1 is 1.53 bits per heavy atom. The van der Waals surface area contributed by atoms with Gasteiger partial charge in [-0.15, -0.1) is 0 Å². The monoisotopic (exact) mass is 267 g/mol. The predicted molar refractivity (Wildman–Crippen MR) is 67.2 cm³/mol. The van der Waals surface area contributed by atoms with Crippen molar-refractivity contribution in [2.45, 2.75) is 6.92 Å². The summed E-state index contributed by atoms with van der Waals surface area (Å²) >= 11 is 0. The first-order valence-corrected chi connectivity index (χ1v) is 5.94. The number of halogens is 1. The van der Waals surface area contributed by atoms with Gasteiger partial charge in [-0.05, 0) is 18.5 Å². The number of benzene rings is 1. The number of anilines is 1. The van der Waals surface area contributed by atoms with E-state index in [0.29, 0.717) is 6.54 Å². The number of nitrogens with one attached hydrogen (secondary N) is 2. The molecule has 1 aliphatic rings. The van der Waals surface area contributed by atoms with Gasteiger partial charge >= 0.3 is 5.69 Å². The second kappa shape index (κ2) is 5.31. The fourth-order valence-corrected chi connectivity index (χ4v) is 2.13. The van der Waals surface area contributed by atoms with Crippen molar-refractivity contribution >= 4 is 17.3 Å². The minimum atomic E-state index is -0.958. The van der Waals surface area contributed by atoms with Crippen LogP contribution in [-0.4, -0.2) is 23.9 Å². The molecule has 1 heterocycles. The van der Waals surface area contributed by atoms with Crippen LogP contribution in [-0.2, 0) is 4.79 Å². The zero-order chi connectivity index (χ0) is 14.0. The van der Waals surface area contributed by atoms with Crippen molar-refractivity contribution in [3.05, 3.63) is 34.1 Å². The van der Waals surface area contributed by atoms with Crippen LogP contribution in [0.15, 0.2) is 18.2 Å². The third kappa shape index (κ3) is 2.87. The molecule has 19 heavy (non-hydrogen) atoms. The molecule has 0 saturated carbocycles. The summed E-state index contributed by atoms with van der Waals surface area (Å²) in [4.78, 5) is 21.6. The lowest BCUT2D eigenvalue weighted by Gasteiger charge is -2.14. The summed E-state index contributed by atoms with van der Waals surface area (Å²) in [6, 6.07) is 3.33. The van der Waals surface area contributed by atoms with E-state index < -0.39 is 16.4 Å². The molecule has 0 radical (unpaired) electrons. The number of nitro groups is 1. The third-order valence-electron chi connectivity index (χ3n) is 3.27. The molecule has 102 valence electrons. The summed E-state index contributed by atoms with van der Waals surface area (Å²) < 4.78 is 13.4. The van der Waals surface area contributed by atoms with Gasteiger partial charge in [0.1, 0.15) is 0 Å². The quantitative estimate of drug-likeness (QED) is 0.642. The maximum atomic E-state index is 13.4. The molecule has 1 amide bonds. The molecular weight excluding hydrogens is 253 g/mol. The van der Waals surface area contributed by atoms with Crippen LogP contribution in [0.3, 0.4) is 0 Å². The molecule has 2 atom stereocenters. The van der Waals surface area contributed by atoms with Crippen LogP contribution in [0.5, 0.6) is 0 Å². The van der Waals surface area contributed by atoms with Gasteiger partial charge in [0.05, 0.1) is 10.8 Å². The molecule has 6 nitrogen and oxygen atoms in total. The van der Waals surface area contributed by atoms with Crippen LogP contribution in [0.25, 0.3) is 0 Å². The molecule has 0 spiro atoms. The molecule has 1 aromatic carbocycles. The Hall–Kier alpha value is -2.02. The van der Waals surface area contributed by atoms with Gasteiger partial charge in [-0.25, -0.2) is 0 Å². The SMILES string of the molecule is C[C@@H]1CNC[C@H]1C(=O)Nc1ccc([N+](=O)[O-])c(F)c1. The van der Waals surface area contributed by atoms with E-state index >= 15 is 0 Å². The highest BCUT2D eigenvalue weighted by Gasteiger charge is 2.29. The molecule has 1 fully saturated rings. The molecule has 7 heteroatoms. The summed E-state index contributed by atoms with van der Waals surface area (Å²) in [6.07, 6.45) is 0. The zero-order valence-corrected chi connectivity index (χ0v) is 10.4. The number of carbonyl (C=O) groups excluding carboxylic acids is 1. The Labute approximate surface area is 109 Å². The fraction of sp³-hybridized carbons (Fsp3) is 0.417. The van der Waals surface area contributed by atoms with Gasteiger partial charge in [0, 0.05) is 24.4 Å². The van der Waals surface area contributed by atoms with Gasteiger partial charge in [-0.3, -0.25) is 14.9 Å². The Morgan fingerprint density at radius 3 is 2.79 bits per heavy atom. The lowest BCUT2D eigenvalue weighted by Crippen LogP contribution is -2.27. The van der Waals surface area contributed by atoms with Crippen LogP contribution in [0.4, 0.5) is 15.8 Å². The summed E-state index contributed by atoms with van der Waals surface area (Å²) in [6.45, 7) is 3.32. The van der Waals surface area contributed by atoms with Gasteiger partial charge in [0.15, 0.2) is 0 Å². The van der Waals surface area contributed by atoms with Gasteiger partial charge < -0.3 is 10.6 Å². The van der Waals surface area contributed by atoms with Crippen LogP contribution in [0.2, 0.25) is 0 Å². The highest BCUT2D eigenvalue weighted by molar-refractivity contribution is 5.93. The first kappa shape index (κ1) is 13.4. The Kier molecular flexibility index (Phi) is 3.75. The van der Waals surface area contributed by atoms with E-state index in [0.717, 1.165) is 18.7 Å². The van der Waals surface area contributed by atoms with Crippen LogP contribution in [0.1, 0.15) is 6.92 Å². The van der Waals surface area contributed by atoms with Crippen molar-refractivity contribution in [2.24, 2.45) is 11.8 Å². The van der Waals surface area contributed by atoms with E-state index in [1.54, 1.807) is 0 Å². The summed E-state index contributed by atoms with van der Waals surface area (Å²) in [5.74, 6) is -1.12. The predicted octanol–water partition coefficient (Wildman–Crippen LogP) is 1.53. The topological polar surface area (TPSA) is 84.3 Å². The molecular formula is C12H14FN3O3. The molecule has 0 unspecified atom stereocenters. The van der Waals surface area contributed by atoms with Gasteiger partial charge in [-0.2, -0.15) is 4.39 Å². The second-order valence-electron chi connectivity index (χ2n) is 4.65. The van der Waals surface area contributed by atoms with Gasteiger partial charge in [0.25, 0.3) is 0 Å². The van der Waals surface area contributed by atoms with Crippen molar-refractivity contribution in [1.29, 1.82) is 0 Å². The normalized spacial score (nSPS) is 22.2. The van der Waals surface area contributed by atoms with Crippen molar-refractivity contribution in [1.82, 2.24) is 5.32 Å². The van der Waals surface area contributed by atoms with E-state index in [1.807, 2.05) is 6.92 Å². The molecule has 2 rings (SSSR count). The van der Waals surface area contributed by atoms with Gasteiger partial charge in [0.2, 0.25) is 11.7 Å². The van der Waals surface area contributed by atoms with Crippen LogP contribution >= 0.6 is 0 Å². The minimum Gasteiger partial charge on any atom is -0.326 e. The lowest BCUT2D eigenvalue weighted by molar-refractivity contribution is -0.387. The summed E-state index contributed by atoms with van der Waals surface area (Å²) in [7, 11) is 0. The van der Waals surface area contributed by atoms with E-state index in [9.17, 15) is 19.3 Å². The number of hydrogen-bond donors (Lipinski definition) is 2. The smallest absolute Gasteiger partial charge is 0.304 e. The zero-order valence-electron chi connectivity index (χ0n) is 10.4. The second-order valence-corrected chi connectivity index (χ2v) is 4.65. The van der Waals surface area contributed by atoms with E-state index in [-0.39, 0.29) is 23.4 Å². The van der Waals surface area contributed by atoms with E-state index in [4.69, 9.17) is 0 Å². The molecule has 1 aliphatic heterocycles. The maximum Gasteiger partial charge on any atom is 0.304 e. The molecule has 2 N–H and O–H groups in total. The average Bonchev–Trinajstić information content (AvgIpc) is 2.75. The number of nitrogens with zero attached hydrogens (tertiary/aromatic N) is 1. The summed E-state index contributed by atoms with van der Waals surface area (Å²) in [5, 5.41) is 16.2. The number of nitro benzene ring substituents is 1. The maximum absolute atomic E-state index is 13.4. The molecule has 0 aromatic heterocycles. The van der Waals surface area contributed by atoms with Crippen molar-refractivity contribution < 1.29 is 14.1 Å². The van der Waals surface area contributed by atoms with Gasteiger partial charge in [-0.1, -0.05) is 6.92 Å². The van der Waals surface area contributed by atoms with Crippen molar-refractivity contribution in [2.75, 3.05) is 18.4 Å². The number of amides is 1. The number of rotatable bonds is 3. The van der Waals surface area contributed by atoms with Crippen molar-refractivity contribution in [3.8, 4) is 0 Å². The van der Waals surface area contributed by atoms with E-state index in [2.05, 4.69) is 10.6 Å². The number of hydrogen-bond acceptors (Lipinski definition) is 4. The lowest BCUT2D eigenvalue weighted by atomic mass is 9.97. The highest BCUT2D eigenvalue weighted by Crippen LogP contribution is 2.23. The van der Waals surface area contributed by atoms with E-state index in [1.165, 1.54) is 6.07 Å². The average molecular weight is 267 g/mol. The van der Waals surface area contributed by atoms with Crippen LogP contribution in [0, 0.1) is 27.8 Å².